The summed E-state index contributed by atoms with van der Waals surface area (Å²) >= 11 is 3.41. The summed E-state index contributed by atoms with van der Waals surface area (Å²) in [5, 5.41) is 10.1. The second kappa shape index (κ2) is 10.6. The Morgan fingerprint density at radius 3 is 2.31 bits per heavy atom. The fourth-order valence-corrected chi connectivity index (χ4v) is 3.02. The fraction of sp³-hybridized carbons (Fsp3) is 0.588. The molecule has 1 aliphatic carbocycles. The van der Waals surface area contributed by atoms with Crippen molar-refractivity contribution >= 4 is 27.8 Å². The SMILES string of the molecule is C[C@@H](N)C(=O)NC1CCC(Oc2cc(=O)n(C)cc2Br)CC1.O=C(O)C(F)(F)F. The van der Waals surface area contributed by atoms with Crippen LogP contribution in [0.25, 0.3) is 0 Å². The van der Waals surface area contributed by atoms with Crippen LogP contribution in [0, 0.1) is 0 Å². The first-order chi connectivity index (χ1) is 13.3. The zero-order valence-electron chi connectivity index (χ0n) is 15.8. The Balaban J connectivity index is 0.000000516. The topological polar surface area (TPSA) is 124 Å². The third-order valence-electron chi connectivity index (χ3n) is 4.11. The monoisotopic (exact) mass is 485 g/mol. The van der Waals surface area contributed by atoms with E-state index in [4.69, 9.17) is 20.4 Å². The Hall–Kier alpha value is -2.08. The van der Waals surface area contributed by atoms with Crippen LogP contribution in [0.15, 0.2) is 21.5 Å². The summed E-state index contributed by atoms with van der Waals surface area (Å²) in [4.78, 5) is 32.2. The number of aryl methyl sites for hydroxylation is 1. The summed E-state index contributed by atoms with van der Waals surface area (Å²) in [7, 11) is 1.70. The maximum Gasteiger partial charge on any atom is 0.490 e. The average Bonchev–Trinajstić information content (AvgIpc) is 2.61. The first-order valence-corrected chi connectivity index (χ1v) is 9.49. The van der Waals surface area contributed by atoms with Gasteiger partial charge in [-0.25, -0.2) is 4.79 Å². The smallest absolute Gasteiger partial charge is 0.489 e. The Morgan fingerprint density at radius 2 is 1.86 bits per heavy atom. The third kappa shape index (κ3) is 8.44. The van der Waals surface area contributed by atoms with Crippen LogP contribution in [0.4, 0.5) is 13.2 Å². The molecule has 0 spiro atoms. The van der Waals surface area contributed by atoms with Crippen molar-refractivity contribution in [3.63, 3.8) is 0 Å². The number of ether oxygens (including phenoxy) is 1. The Morgan fingerprint density at radius 1 is 1.34 bits per heavy atom. The summed E-state index contributed by atoms with van der Waals surface area (Å²) in [6.45, 7) is 1.68. The van der Waals surface area contributed by atoms with Crippen LogP contribution in [0.1, 0.15) is 32.6 Å². The van der Waals surface area contributed by atoms with Gasteiger partial charge in [-0.1, -0.05) is 0 Å². The molecule has 2 rings (SSSR count). The molecule has 1 aromatic heterocycles. The Labute approximate surface area is 173 Å². The summed E-state index contributed by atoms with van der Waals surface area (Å²) < 4.78 is 39.9. The van der Waals surface area contributed by atoms with E-state index in [1.54, 1.807) is 20.2 Å². The van der Waals surface area contributed by atoms with Gasteiger partial charge in [-0.05, 0) is 48.5 Å². The van der Waals surface area contributed by atoms with Gasteiger partial charge in [0.2, 0.25) is 5.91 Å². The van der Waals surface area contributed by atoms with Gasteiger partial charge in [0.1, 0.15) is 5.75 Å². The van der Waals surface area contributed by atoms with Crippen LogP contribution in [0.3, 0.4) is 0 Å². The molecule has 1 amide bonds. The molecule has 0 unspecified atom stereocenters. The molecule has 12 heteroatoms. The van der Waals surface area contributed by atoms with E-state index in [1.807, 2.05) is 0 Å². The number of hydrogen-bond acceptors (Lipinski definition) is 5. The van der Waals surface area contributed by atoms with Crippen molar-refractivity contribution in [1.29, 1.82) is 0 Å². The lowest BCUT2D eigenvalue weighted by Crippen LogP contribution is -2.46. The minimum absolute atomic E-state index is 0.0619. The van der Waals surface area contributed by atoms with Crippen molar-refractivity contribution < 1.29 is 32.6 Å². The number of carboxylic acids is 1. The Kier molecular flexibility index (Phi) is 9.14. The van der Waals surface area contributed by atoms with Crippen molar-refractivity contribution in [2.45, 2.75) is 57.0 Å². The molecular formula is C17H23BrF3N3O5. The summed E-state index contributed by atoms with van der Waals surface area (Å²) in [6, 6.07) is 1.17. The number of nitrogens with one attached hydrogen (secondary N) is 1. The van der Waals surface area contributed by atoms with Crippen molar-refractivity contribution in [3.05, 3.63) is 27.1 Å². The number of carboxylic acid groups (broad SMARTS) is 1. The molecule has 1 aromatic rings. The highest BCUT2D eigenvalue weighted by Crippen LogP contribution is 2.28. The highest BCUT2D eigenvalue weighted by atomic mass is 79.9. The number of amides is 1. The molecule has 1 saturated carbocycles. The number of aromatic nitrogens is 1. The number of hydrogen-bond donors (Lipinski definition) is 3. The molecule has 0 bridgehead atoms. The van der Waals surface area contributed by atoms with Crippen molar-refractivity contribution in [2.75, 3.05) is 0 Å². The third-order valence-corrected chi connectivity index (χ3v) is 4.71. The summed E-state index contributed by atoms with van der Waals surface area (Å²) in [6.07, 6.45) is 0.0623. The summed E-state index contributed by atoms with van der Waals surface area (Å²) in [5.74, 6) is -2.29. The molecule has 0 saturated heterocycles. The number of pyridine rings is 1. The van der Waals surface area contributed by atoms with Gasteiger partial charge < -0.3 is 25.5 Å². The lowest BCUT2D eigenvalue weighted by Gasteiger charge is -2.30. The van der Waals surface area contributed by atoms with E-state index in [9.17, 15) is 22.8 Å². The predicted octanol–water partition coefficient (Wildman–Crippen LogP) is 1.93. The van der Waals surface area contributed by atoms with Crippen molar-refractivity contribution in [3.8, 4) is 5.75 Å². The Bertz CT molecular complexity index is 775. The van der Waals surface area contributed by atoms with Gasteiger partial charge in [-0.3, -0.25) is 9.59 Å². The number of nitrogens with zero attached hydrogens (tertiary/aromatic N) is 1. The number of halogens is 4. The standard InChI is InChI=1S/C15H22BrN3O3.C2HF3O2/c1-9(17)15(21)18-10-3-5-11(6-4-10)22-13-7-14(20)19(2)8-12(13)16;3-2(4,5)1(6)7/h7-11H,3-6,17H2,1-2H3,(H,18,21);(H,6,7)/t9-,10?,11?;/m1./s1. The van der Waals surface area contributed by atoms with Crippen LogP contribution < -0.4 is 21.3 Å². The molecule has 4 N–H and O–H groups in total. The molecular weight excluding hydrogens is 463 g/mol. The molecule has 1 fully saturated rings. The van der Waals surface area contributed by atoms with Crippen LogP contribution in [0.5, 0.6) is 5.75 Å². The van der Waals surface area contributed by atoms with Gasteiger partial charge in [-0.15, -0.1) is 0 Å². The fourth-order valence-electron chi connectivity index (χ4n) is 2.51. The molecule has 29 heavy (non-hydrogen) atoms. The zero-order chi connectivity index (χ0) is 22.4. The lowest BCUT2D eigenvalue weighted by atomic mass is 9.92. The molecule has 164 valence electrons. The molecule has 1 heterocycles. The first kappa shape index (κ1) is 25.0. The first-order valence-electron chi connectivity index (χ1n) is 8.70. The number of carbonyl (C=O) groups excluding carboxylic acids is 1. The maximum absolute atomic E-state index is 11.7. The summed E-state index contributed by atoms with van der Waals surface area (Å²) in [5.41, 5.74) is 5.45. The van der Waals surface area contributed by atoms with Gasteiger partial charge in [0.05, 0.1) is 16.6 Å². The maximum atomic E-state index is 11.7. The quantitative estimate of drug-likeness (QED) is 0.598. The van der Waals surface area contributed by atoms with E-state index in [2.05, 4.69) is 21.2 Å². The zero-order valence-corrected chi connectivity index (χ0v) is 17.4. The van der Waals surface area contributed by atoms with E-state index < -0.39 is 18.2 Å². The van der Waals surface area contributed by atoms with Crippen molar-refractivity contribution in [2.24, 2.45) is 12.8 Å². The second-order valence-electron chi connectivity index (χ2n) is 6.63. The number of alkyl halides is 3. The lowest BCUT2D eigenvalue weighted by molar-refractivity contribution is -0.192. The minimum atomic E-state index is -5.08. The largest absolute Gasteiger partial charge is 0.490 e. The van der Waals surface area contributed by atoms with Crippen LogP contribution in [-0.2, 0) is 16.6 Å². The normalized spacial score (nSPS) is 20.1. The minimum Gasteiger partial charge on any atom is -0.489 e. The van der Waals surface area contributed by atoms with Gasteiger partial charge in [0.25, 0.3) is 5.56 Å². The number of nitrogens with two attached hydrogens (primary N) is 1. The van der Waals surface area contributed by atoms with E-state index in [0.717, 1.165) is 30.2 Å². The molecule has 1 atom stereocenters. The molecule has 8 nitrogen and oxygen atoms in total. The van der Waals surface area contributed by atoms with Gasteiger partial charge in [0.15, 0.2) is 0 Å². The van der Waals surface area contributed by atoms with Gasteiger partial charge >= 0.3 is 12.1 Å². The number of rotatable bonds is 4. The van der Waals surface area contributed by atoms with Crippen LogP contribution >= 0.6 is 15.9 Å². The average molecular weight is 486 g/mol. The highest BCUT2D eigenvalue weighted by molar-refractivity contribution is 9.10. The second-order valence-corrected chi connectivity index (χ2v) is 7.48. The molecule has 0 aliphatic heterocycles. The molecule has 0 radical (unpaired) electrons. The molecule has 1 aliphatic rings. The van der Waals surface area contributed by atoms with E-state index in [1.165, 1.54) is 10.6 Å². The molecule has 0 aromatic carbocycles. The number of carbonyl (C=O) groups is 2. The highest BCUT2D eigenvalue weighted by Gasteiger charge is 2.38. The van der Waals surface area contributed by atoms with Crippen LogP contribution in [-0.4, -0.2) is 45.9 Å². The van der Waals surface area contributed by atoms with Gasteiger partial charge in [-0.2, -0.15) is 13.2 Å². The predicted molar refractivity (Wildman–Crippen MR) is 102 cm³/mol. The van der Waals surface area contributed by atoms with E-state index >= 15 is 0 Å². The van der Waals surface area contributed by atoms with Gasteiger partial charge in [0, 0.05) is 25.4 Å². The van der Waals surface area contributed by atoms with Crippen LogP contribution in [0.2, 0.25) is 0 Å². The van der Waals surface area contributed by atoms with Crippen molar-refractivity contribution in [1.82, 2.24) is 9.88 Å². The van der Waals surface area contributed by atoms with E-state index in [-0.39, 0.29) is 23.6 Å². The van der Waals surface area contributed by atoms with E-state index in [0.29, 0.717) is 5.75 Å². The number of aliphatic carboxylic acids is 1.